The highest BCUT2D eigenvalue weighted by Crippen LogP contribution is 2.41. The van der Waals surface area contributed by atoms with Crippen molar-refractivity contribution in [1.29, 1.82) is 0 Å². The Labute approximate surface area is 150 Å². The van der Waals surface area contributed by atoms with E-state index in [9.17, 15) is 26.5 Å². The van der Waals surface area contributed by atoms with Gasteiger partial charge in [0.15, 0.2) is 5.75 Å². The summed E-state index contributed by atoms with van der Waals surface area (Å²) in [6.45, 7) is 0. The maximum Gasteiger partial charge on any atom is 0.298 e. The lowest BCUT2D eigenvalue weighted by Crippen LogP contribution is -2.00. The summed E-state index contributed by atoms with van der Waals surface area (Å²) in [6, 6.07) is 4.04. The minimum Gasteiger partial charge on any atom is -0.504 e. The van der Waals surface area contributed by atoms with Gasteiger partial charge in [0.1, 0.15) is 16.1 Å². The number of aromatic hydroxyl groups is 1. The van der Waals surface area contributed by atoms with Crippen LogP contribution in [0.5, 0.6) is 5.75 Å². The molecule has 0 fully saturated rings. The third-order valence-corrected chi connectivity index (χ3v) is 5.47. The number of nitrogens with zero attached hydrogens (tertiary/aromatic N) is 4. The Morgan fingerprint density at radius 1 is 1.00 bits per heavy atom. The average molecular weight is 416 g/mol. The van der Waals surface area contributed by atoms with E-state index >= 15 is 0 Å². The summed E-state index contributed by atoms with van der Waals surface area (Å²) >= 11 is 1.02. The van der Waals surface area contributed by atoms with Crippen LogP contribution in [0, 0.1) is 0 Å². The number of phenols is 1. The van der Waals surface area contributed by atoms with Gasteiger partial charge in [0.25, 0.3) is 25.4 Å². The Hall–Kier alpha value is -2.52. The predicted octanol–water partition coefficient (Wildman–Crippen LogP) is 2.31. The first kappa shape index (κ1) is 18.3. The SMILES string of the molecule is O=S(=O)(O)c1ccc2c(N=Nc3nncs3)c(O)c(S(=O)(=O)O)cc2c1. The minimum atomic E-state index is -4.86. The summed E-state index contributed by atoms with van der Waals surface area (Å²) in [5.74, 6) is -0.882. The van der Waals surface area contributed by atoms with E-state index in [1.165, 1.54) is 11.6 Å². The van der Waals surface area contributed by atoms with E-state index < -0.39 is 35.8 Å². The summed E-state index contributed by atoms with van der Waals surface area (Å²) in [5.41, 5.74) is 1.03. The average Bonchev–Trinajstić information content (AvgIpc) is 3.04. The smallest absolute Gasteiger partial charge is 0.298 e. The highest BCUT2D eigenvalue weighted by molar-refractivity contribution is 7.86. The van der Waals surface area contributed by atoms with Gasteiger partial charge in [-0.2, -0.15) is 16.8 Å². The number of rotatable bonds is 4. The largest absolute Gasteiger partial charge is 0.504 e. The number of hydrogen-bond donors (Lipinski definition) is 3. The van der Waals surface area contributed by atoms with Gasteiger partial charge in [0, 0.05) is 5.39 Å². The van der Waals surface area contributed by atoms with Crippen molar-refractivity contribution in [2.45, 2.75) is 9.79 Å². The fraction of sp³-hybridized carbons (Fsp3) is 0. The van der Waals surface area contributed by atoms with E-state index in [4.69, 9.17) is 4.55 Å². The Morgan fingerprint density at radius 2 is 1.73 bits per heavy atom. The number of benzene rings is 2. The van der Waals surface area contributed by atoms with Crippen molar-refractivity contribution in [3.8, 4) is 5.75 Å². The number of aromatic nitrogens is 2. The molecular weight excluding hydrogens is 408 g/mol. The fourth-order valence-corrected chi connectivity index (χ4v) is 3.60. The molecule has 0 aliphatic carbocycles. The second-order valence-corrected chi connectivity index (χ2v) is 8.45. The number of azo groups is 1. The van der Waals surface area contributed by atoms with Crippen LogP contribution in [0.3, 0.4) is 0 Å². The monoisotopic (exact) mass is 416 g/mol. The minimum absolute atomic E-state index is 0.0308. The molecule has 1 heterocycles. The number of fused-ring (bicyclic) bond motifs is 1. The molecule has 0 saturated carbocycles. The molecule has 0 bridgehead atoms. The maximum absolute atomic E-state index is 11.5. The molecule has 136 valence electrons. The molecule has 0 unspecified atom stereocenters. The molecule has 3 aromatic rings. The zero-order chi connectivity index (χ0) is 19.1. The molecule has 0 amide bonds. The molecule has 0 radical (unpaired) electrons. The van der Waals surface area contributed by atoms with Gasteiger partial charge >= 0.3 is 0 Å². The van der Waals surface area contributed by atoms with Crippen molar-refractivity contribution in [2.75, 3.05) is 0 Å². The van der Waals surface area contributed by atoms with Crippen molar-refractivity contribution in [3.63, 3.8) is 0 Å². The van der Waals surface area contributed by atoms with E-state index in [1.54, 1.807) is 0 Å². The van der Waals surface area contributed by atoms with Crippen LogP contribution < -0.4 is 0 Å². The molecule has 0 spiro atoms. The van der Waals surface area contributed by atoms with Crippen LogP contribution in [-0.2, 0) is 20.2 Å². The van der Waals surface area contributed by atoms with Gasteiger partial charge in [-0.15, -0.1) is 20.4 Å². The topological polar surface area (TPSA) is 179 Å². The van der Waals surface area contributed by atoms with E-state index in [-0.39, 0.29) is 21.6 Å². The van der Waals surface area contributed by atoms with Crippen LogP contribution in [0.15, 0.2) is 49.8 Å². The molecular formula is C12H8N4O7S3. The highest BCUT2D eigenvalue weighted by Gasteiger charge is 2.23. The van der Waals surface area contributed by atoms with Crippen molar-refractivity contribution in [3.05, 3.63) is 29.8 Å². The molecule has 0 atom stereocenters. The molecule has 26 heavy (non-hydrogen) atoms. The zero-order valence-corrected chi connectivity index (χ0v) is 14.8. The molecule has 0 aliphatic heterocycles. The van der Waals surface area contributed by atoms with E-state index in [0.717, 1.165) is 29.5 Å². The van der Waals surface area contributed by atoms with Gasteiger partial charge in [-0.1, -0.05) is 17.4 Å². The van der Waals surface area contributed by atoms with Gasteiger partial charge in [-0.05, 0) is 23.6 Å². The van der Waals surface area contributed by atoms with Crippen molar-refractivity contribution >= 4 is 53.2 Å². The molecule has 1 aromatic heterocycles. The van der Waals surface area contributed by atoms with Crippen LogP contribution in [-0.4, -0.2) is 41.2 Å². The summed E-state index contributed by atoms with van der Waals surface area (Å²) in [7, 11) is -9.42. The van der Waals surface area contributed by atoms with E-state index in [0.29, 0.717) is 0 Å². The van der Waals surface area contributed by atoms with E-state index in [1.807, 2.05) is 0 Å². The Bertz CT molecular complexity index is 1240. The zero-order valence-electron chi connectivity index (χ0n) is 12.4. The Morgan fingerprint density at radius 3 is 2.31 bits per heavy atom. The van der Waals surface area contributed by atoms with Crippen molar-refractivity contribution in [1.82, 2.24) is 10.2 Å². The number of phenolic OH excluding ortho intramolecular Hbond substituents is 1. The number of hydrogen-bond acceptors (Lipinski definition) is 10. The van der Waals surface area contributed by atoms with Crippen LogP contribution in [0.25, 0.3) is 10.8 Å². The van der Waals surface area contributed by atoms with Gasteiger partial charge in [-0.25, -0.2) is 0 Å². The molecule has 3 rings (SSSR count). The maximum atomic E-state index is 11.5. The van der Waals surface area contributed by atoms with Gasteiger partial charge in [0.05, 0.1) is 4.90 Å². The summed E-state index contributed by atoms with van der Waals surface area (Å²) in [4.78, 5) is -1.41. The van der Waals surface area contributed by atoms with Crippen LogP contribution in [0.2, 0.25) is 0 Å². The first-order valence-corrected chi connectivity index (χ1v) is 10.3. The first-order valence-electron chi connectivity index (χ1n) is 6.50. The van der Waals surface area contributed by atoms with Gasteiger partial charge < -0.3 is 5.11 Å². The lowest BCUT2D eigenvalue weighted by atomic mass is 10.1. The third kappa shape index (κ3) is 3.54. The second-order valence-electron chi connectivity index (χ2n) is 4.83. The quantitative estimate of drug-likeness (QED) is 0.425. The first-order chi connectivity index (χ1) is 12.1. The van der Waals surface area contributed by atoms with Gasteiger partial charge in [-0.3, -0.25) is 9.11 Å². The fourth-order valence-electron chi connectivity index (χ4n) is 2.09. The van der Waals surface area contributed by atoms with Crippen LogP contribution in [0.1, 0.15) is 0 Å². The normalized spacial score (nSPS) is 12.8. The summed E-state index contributed by atoms with van der Waals surface area (Å²) in [5, 5.41) is 25.0. The highest BCUT2D eigenvalue weighted by atomic mass is 32.2. The lowest BCUT2D eigenvalue weighted by Gasteiger charge is -2.09. The summed E-state index contributed by atoms with van der Waals surface area (Å²) < 4.78 is 64.0. The van der Waals surface area contributed by atoms with Crippen LogP contribution in [0.4, 0.5) is 10.8 Å². The molecule has 14 heteroatoms. The third-order valence-electron chi connectivity index (χ3n) is 3.18. The molecule has 2 aromatic carbocycles. The van der Waals surface area contributed by atoms with Crippen molar-refractivity contribution in [2.24, 2.45) is 10.2 Å². The molecule has 0 aliphatic rings. The molecule has 0 saturated heterocycles. The van der Waals surface area contributed by atoms with Crippen LogP contribution >= 0.6 is 11.3 Å². The molecule has 3 N–H and O–H groups in total. The lowest BCUT2D eigenvalue weighted by molar-refractivity contribution is 0.445. The Kier molecular flexibility index (Phi) is 4.45. The standard InChI is InChI=1S/C12H8N4O7S3/c17-11-9(26(21,22)23)4-6-3-7(25(18,19)20)1-2-8(6)10(11)14-16-12-15-13-5-24-12/h1-5,17H,(H,18,19,20)(H,21,22,23). The predicted molar refractivity (Wildman–Crippen MR) is 89.3 cm³/mol. The summed E-state index contributed by atoms with van der Waals surface area (Å²) in [6.07, 6.45) is 0. The Balaban J connectivity index is 2.35. The van der Waals surface area contributed by atoms with Crippen molar-refractivity contribution < 1.29 is 31.0 Å². The van der Waals surface area contributed by atoms with E-state index in [2.05, 4.69) is 20.4 Å². The molecule has 11 nitrogen and oxygen atoms in total. The second kappa shape index (κ2) is 6.33. The van der Waals surface area contributed by atoms with Gasteiger partial charge in [0.2, 0.25) is 0 Å².